The van der Waals surface area contributed by atoms with Gasteiger partial charge in [0.05, 0.1) is 5.92 Å². The molecule has 0 saturated carbocycles. The van der Waals surface area contributed by atoms with E-state index in [0.717, 1.165) is 57.3 Å². The number of aryl methyl sites for hydroxylation is 1. The van der Waals surface area contributed by atoms with Crippen LogP contribution >= 0.6 is 0 Å². The number of likely N-dealkylation sites (tertiary alicyclic amines) is 1. The molecule has 4 heterocycles. The highest BCUT2D eigenvalue weighted by atomic mass is 16.2. The molecule has 30 heavy (non-hydrogen) atoms. The minimum absolute atomic E-state index is 0.0518. The first-order valence-electron chi connectivity index (χ1n) is 10.8. The largest absolute Gasteiger partial charge is 0.359 e. The monoisotopic (exact) mass is 411 g/mol. The predicted molar refractivity (Wildman–Crippen MR) is 112 cm³/mol. The fourth-order valence-corrected chi connectivity index (χ4v) is 4.32. The summed E-state index contributed by atoms with van der Waals surface area (Å²) in [5.41, 5.74) is 1.14. The number of rotatable bonds is 6. The van der Waals surface area contributed by atoms with Crippen LogP contribution in [0.2, 0.25) is 0 Å². The van der Waals surface area contributed by atoms with Crippen LogP contribution in [-0.4, -0.2) is 69.7 Å². The molecule has 2 amide bonds. The molecule has 2 saturated heterocycles. The van der Waals surface area contributed by atoms with Crippen LogP contribution in [0.15, 0.2) is 24.5 Å². The molecule has 9 nitrogen and oxygen atoms in total. The Hall–Kier alpha value is -2.97. The third kappa shape index (κ3) is 4.29. The number of nitrogens with zero attached hydrogens (tertiary/aromatic N) is 6. The van der Waals surface area contributed by atoms with Crippen LogP contribution < -0.4 is 10.2 Å². The van der Waals surface area contributed by atoms with Gasteiger partial charge in [-0.2, -0.15) is 0 Å². The molecule has 0 aromatic carbocycles. The fourth-order valence-electron chi connectivity index (χ4n) is 4.32. The summed E-state index contributed by atoms with van der Waals surface area (Å²) in [6, 6.07) is 3.96. The Kier molecular flexibility index (Phi) is 6.25. The van der Waals surface area contributed by atoms with E-state index in [-0.39, 0.29) is 17.7 Å². The van der Waals surface area contributed by atoms with Gasteiger partial charge in [0, 0.05) is 52.2 Å². The highest BCUT2D eigenvalue weighted by Gasteiger charge is 2.31. The van der Waals surface area contributed by atoms with Crippen LogP contribution in [0, 0.1) is 5.92 Å². The lowest BCUT2D eigenvalue weighted by Crippen LogP contribution is -2.43. The van der Waals surface area contributed by atoms with Crippen LogP contribution in [0.4, 0.5) is 5.95 Å². The number of hydrogen-bond donors (Lipinski definition) is 1. The first-order chi connectivity index (χ1) is 14.7. The molecule has 2 aliphatic heterocycles. The number of piperidine rings is 1. The van der Waals surface area contributed by atoms with E-state index >= 15 is 0 Å². The average Bonchev–Trinajstić information content (AvgIpc) is 3.48. The number of carbonyl (C=O) groups excluding carboxylic acids is 2. The maximum Gasteiger partial charge on any atom is 0.291 e. The second-order valence-electron chi connectivity index (χ2n) is 7.98. The van der Waals surface area contributed by atoms with Gasteiger partial charge < -0.3 is 15.1 Å². The van der Waals surface area contributed by atoms with E-state index in [1.165, 1.54) is 0 Å². The predicted octanol–water partition coefficient (Wildman–Crippen LogP) is 1.11. The van der Waals surface area contributed by atoms with Gasteiger partial charge in [0.15, 0.2) is 0 Å². The molecule has 2 aromatic heterocycles. The van der Waals surface area contributed by atoms with Gasteiger partial charge in [-0.25, -0.2) is 0 Å². The van der Waals surface area contributed by atoms with Crippen LogP contribution in [0.1, 0.15) is 41.9 Å². The smallest absolute Gasteiger partial charge is 0.291 e. The lowest BCUT2D eigenvalue weighted by atomic mass is 9.97. The van der Waals surface area contributed by atoms with Gasteiger partial charge in [-0.1, -0.05) is 0 Å². The molecule has 0 radical (unpaired) electrons. The van der Waals surface area contributed by atoms with Crippen molar-refractivity contribution in [3.8, 4) is 0 Å². The topological polar surface area (TPSA) is 96.2 Å². The van der Waals surface area contributed by atoms with E-state index in [4.69, 9.17) is 0 Å². The lowest BCUT2D eigenvalue weighted by Gasteiger charge is -2.32. The fraction of sp³-hybridized carbons (Fsp3) is 0.571. The summed E-state index contributed by atoms with van der Waals surface area (Å²) in [5, 5.41) is 11.5. The molecule has 0 bridgehead atoms. The van der Waals surface area contributed by atoms with E-state index in [9.17, 15) is 9.59 Å². The summed E-state index contributed by atoms with van der Waals surface area (Å²) in [6.07, 6.45) is 8.13. The molecule has 1 atom stereocenters. The van der Waals surface area contributed by atoms with E-state index in [0.29, 0.717) is 24.9 Å². The zero-order valence-corrected chi connectivity index (χ0v) is 17.5. The molecule has 160 valence electrons. The summed E-state index contributed by atoms with van der Waals surface area (Å²) in [4.78, 5) is 33.3. The standard InChI is InChI=1S/C21H29N7O2/c1-22-19(29)17-5-4-13-27(15-17)21-25-24-18(20(30)26-11-2-3-12-26)28(21)14-8-16-6-9-23-10-7-16/h6-7,9-10,17H,2-5,8,11-15H2,1H3,(H,22,29). The van der Waals surface area contributed by atoms with Crippen molar-refractivity contribution in [3.63, 3.8) is 0 Å². The number of carbonyl (C=O) groups is 2. The van der Waals surface area contributed by atoms with Gasteiger partial charge in [-0.3, -0.25) is 19.1 Å². The van der Waals surface area contributed by atoms with Crippen LogP contribution in [-0.2, 0) is 17.8 Å². The second kappa shape index (κ2) is 9.23. The number of hydrogen-bond acceptors (Lipinski definition) is 6. The quantitative estimate of drug-likeness (QED) is 0.765. The van der Waals surface area contributed by atoms with Gasteiger partial charge in [0.25, 0.3) is 5.91 Å². The maximum atomic E-state index is 13.1. The number of amides is 2. The number of pyridine rings is 1. The van der Waals surface area contributed by atoms with Crippen LogP contribution in [0.3, 0.4) is 0 Å². The Balaban J connectivity index is 1.60. The lowest BCUT2D eigenvalue weighted by molar-refractivity contribution is -0.124. The van der Waals surface area contributed by atoms with E-state index in [2.05, 4.69) is 25.4 Å². The summed E-state index contributed by atoms with van der Waals surface area (Å²) < 4.78 is 1.94. The summed E-state index contributed by atoms with van der Waals surface area (Å²) in [7, 11) is 1.67. The summed E-state index contributed by atoms with van der Waals surface area (Å²) >= 11 is 0. The molecular formula is C21H29N7O2. The van der Waals surface area contributed by atoms with Gasteiger partial charge >= 0.3 is 0 Å². The van der Waals surface area contributed by atoms with Gasteiger partial charge in [-0.05, 0) is 49.8 Å². The van der Waals surface area contributed by atoms with E-state index in [1.807, 2.05) is 21.6 Å². The average molecular weight is 412 g/mol. The number of aromatic nitrogens is 4. The molecule has 1 N–H and O–H groups in total. The highest BCUT2D eigenvalue weighted by Crippen LogP contribution is 2.24. The van der Waals surface area contributed by atoms with Crippen LogP contribution in [0.5, 0.6) is 0 Å². The SMILES string of the molecule is CNC(=O)C1CCCN(c2nnc(C(=O)N3CCCC3)n2CCc2ccncc2)C1. The second-order valence-corrected chi connectivity index (χ2v) is 7.98. The van der Waals surface area contributed by atoms with Gasteiger partial charge in [0.2, 0.25) is 17.7 Å². The Bertz CT molecular complexity index is 877. The van der Waals surface area contributed by atoms with Gasteiger partial charge in [0.1, 0.15) is 0 Å². The van der Waals surface area contributed by atoms with Crippen molar-refractivity contribution in [2.24, 2.45) is 5.92 Å². The molecular weight excluding hydrogens is 382 g/mol. The first-order valence-corrected chi connectivity index (χ1v) is 10.8. The van der Waals surface area contributed by atoms with Crippen molar-refractivity contribution in [1.82, 2.24) is 30.0 Å². The first kappa shape index (κ1) is 20.3. The Morgan fingerprint density at radius 2 is 1.87 bits per heavy atom. The molecule has 2 aromatic rings. The van der Waals surface area contributed by atoms with Gasteiger partial charge in [-0.15, -0.1) is 10.2 Å². The van der Waals surface area contributed by atoms with Crippen molar-refractivity contribution in [2.75, 3.05) is 38.1 Å². The Morgan fingerprint density at radius 1 is 1.10 bits per heavy atom. The van der Waals surface area contributed by atoms with Crippen molar-refractivity contribution in [2.45, 2.75) is 38.6 Å². The van der Waals surface area contributed by atoms with Crippen molar-refractivity contribution >= 4 is 17.8 Å². The number of anilines is 1. The maximum absolute atomic E-state index is 13.1. The third-order valence-corrected chi connectivity index (χ3v) is 6.01. The molecule has 0 aliphatic carbocycles. The number of nitrogens with one attached hydrogen (secondary N) is 1. The molecule has 4 rings (SSSR count). The third-order valence-electron chi connectivity index (χ3n) is 6.01. The minimum atomic E-state index is -0.0770. The minimum Gasteiger partial charge on any atom is -0.359 e. The van der Waals surface area contributed by atoms with E-state index < -0.39 is 0 Å². The zero-order valence-electron chi connectivity index (χ0n) is 17.5. The molecule has 9 heteroatoms. The Labute approximate surface area is 176 Å². The highest BCUT2D eigenvalue weighted by molar-refractivity contribution is 5.91. The molecule has 2 fully saturated rings. The van der Waals surface area contributed by atoms with E-state index in [1.54, 1.807) is 19.4 Å². The molecule has 1 unspecified atom stereocenters. The van der Waals surface area contributed by atoms with Crippen LogP contribution in [0.25, 0.3) is 0 Å². The molecule has 0 spiro atoms. The normalized spacial score (nSPS) is 19.2. The van der Waals surface area contributed by atoms with Crippen molar-refractivity contribution in [3.05, 3.63) is 35.9 Å². The summed E-state index contributed by atoms with van der Waals surface area (Å²) in [6.45, 7) is 3.54. The summed E-state index contributed by atoms with van der Waals surface area (Å²) in [5.74, 6) is 0.992. The Morgan fingerprint density at radius 3 is 2.60 bits per heavy atom. The van der Waals surface area contributed by atoms with Crippen molar-refractivity contribution in [1.29, 1.82) is 0 Å². The zero-order chi connectivity index (χ0) is 20.9. The van der Waals surface area contributed by atoms with Crippen molar-refractivity contribution < 1.29 is 9.59 Å². The molecule has 2 aliphatic rings.